The molecule has 0 aliphatic carbocycles. The lowest BCUT2D eigenvalue weighted by atomic mass is 10.5. The molecule has 0 atom stereocenters. The summed E-state index contributed by atoms with van der Waals surface area (Å²) in [5.41, 5.74) is 0.810. The van der Waals surface area contributed by atoms with Gasteiger partial charge in [-0.1, -0.05) is 5.92 Å². The highest BCUT2D eigenvalue weighted by atomic mass is 79.9. The van der Waals surface area contributed by atoms with Crippen molar-refractivity contribution in [3.8, 4) is 11.8 Å². The summed E-state index contributed by atoms with van der Waals surface area (Å²) < 4.78 is 2.69. The molecule has 2 heterocycles. The maximum atomic E-state index is 4.28. The lowest BCUT2D eigenvalue weighted by Crippen LogP contribution is -2.00. The van der Waals surface area contributed by atoms with Gasteiger partial charge in [-0.05, 0) is 35.0 Å². The summed E-state index contributed by atoms with van der Waals surface area (Å²) in [5, 5.41) is 7.26. The molecule has 4 nitrogen and oxygen atoms in total. The average molecular weight is 265 g/mol. The Bertz CT molecular complexity index is 535. The van der Waals surface area contributed by atoms with Gasteiger partial charge in [-0.2, -0.15) is 4.98 Å². The second-order valence-electron chi connectivity index (χ2n) is 2.87. The van der Waals surface area contributed by atoms with Gasteiger partial charge in [0.2, 0.25) is 5.95 Å². The first-order chi connectivity index (χ1) is 7.29. The van der Waals surface area contributed by atoms with Gasteiger partial charge in [0.05, 0.1) is 6.54 Å². The number of hydrogen-bond acceptors (Lipinski definition) is 3. The zero-order chi connectivity index (χ0) is 10.7. The minimum Gasteiger partial charge on any atom is -0.342 e. The topological polar surface area (TPSA) is 42.2 Å². The molecule has 76 valence electrons. The molecule has 1 N–H and O–H groups in total. The molecule has 0 fully saturated rings. The predicted octanol–water partition coefficient (Wildman–Crippen LogP) is 1.93. The fourth-order valence-corrected chi connectivity index (χ4v) is 1.47. The van der Waals surface area contributed by atoms with E-state index in [0.29, 0.717) is 12.5 Å². The van der Waals surface area contributed by atoms with Crippen LogP contribution in [-0.4, -0.2) is 21.1 Å². The Morgan fingerprint density at radius 2 is 2.40 bits per heavy atom. The van der Waals surface area contributed by atoms with Crippen LogP contribution in [0.2, 0.25) is 0 Å². The van der Waals surface area contributed by atoms with Crippen molar-refractivity contribution in [3.05, 3.63) is 22.8 Å². The first kappa shape index (κ1) is 9.99. The molecule has 5 heteroatoms. The number of halogens is 1. The van der Waals surface area contributed by atoms with E-state index in [0.717, 1.165) is 10.1 Å². The molecule has 0 unspecified atom stereocenters. The Labute approximate surface area is 95.8 Å². The first-order valence-corrected chi connectivity index (χ1v) is 5.24. The van der Waals surface area contributed by atoms with E-state index in [4.69, 9.17) is 0 Å². The van der Waals surface area contributed by atoms with Crippen LogP contribution in [0.4, 0.5) is 5.95 Å². The maximum Gasteiger partial charge on any atom is 0.243 e. The molecule has 15 heavy (non-hydrogen) atoms. The van der Waals surface area contributed by atoms with E-state index in [9.17, 15) is 0 Å². The lowest BCUT2D eigenvalue weighted by molar-refractivity contribution is 0.955. The molecule has 0 saturated heterocycles. The molecule has 0 aliphatic rings. The molecule has 2 aromatic rings. The van der Waals surface area contributed by atoms with Gasteiger partial charge in [0, 0.05) is 10.7 Å². The van der Waals surface area contributed by atoms with E-state index in [1.165, 1.54) is 0 Å². The van der Waals surface area contributed by atoms with Gasteiger partial charge >= 0.3 is 0 Å². The Morgan fingerprint density at radius 1 is 1.53 bits per heavy atom. The fraction of sp³-hybridized carbons (Fsp3) is 0.200. The number of anilines is 1. The third kappa shape index (κ3) is 2.28. The monoisotopic (exact) mass is 264 g/mol. The Kier molecular flexibility index (Phi) is 2.88. The van der Waals surface area contributed by atoms with Crippen LogP contribution in [0.3, 0.4) is 0 Å². The number of rotatable bonds is 2. The summed E-state index contributed by atoms with van der Waals surface area (Å²) >= 11 is 3.37. The standard InChI is InChI=1S/C10H9BrN4/c1-2-3-6-12-10-13-9-5-4-8(11)7-15(9)14-10/h4-5,7H,6H2,1H3,(H,12,14). The zero-order valence-electron chi connectivity index (χ0n) is 8.16. The molecule has 0 aromatic carbocycles. The summed E-state index contributed by atoms with van der Waals surface area (Å²) in [4.78, 5) is 4.28. The maximum absolute atomic E-state index is 4.28. The Balaban J connectivity index is 2.25. The van der Waals surface area contributed by atoms with Crippen LogP contribution in [0.15, 0.2) is 22.8 Å². The van der Waals surface area contributed by atoms with Crippen molar-refractivity contribution in [3.63, 3.8) is 0 Å². The first-order valence-electron chi connectivity index (χ1n) is 4.45. The summed E-state index contributed by atoms with van der Waals surface area (Å²) in [6.07, 6.45) is 1.86. The smallest absolute Gasteiger partial charge is 0.243 e. The minimum atomic E-state index is 0.564. The highest BCUT2D eigenvalue weighted by molar-refractivity contribution is 9.10. The van der Waals surface area contributed by atoms with Gasteiger partial charge in [0.25, 0.3) is 0 Å². The van der Waals surface area contributed by atoms with Crippen LogP contribution >= 0.6 is 15.9 Å². The summed E-state index contributed by atoms with van der Waals surface area (Å²) in [7, 11) is 0. The van der Waals surface area contributed by atoms with Crippen LogP contribution < -0.4 is 5.32 Å². The average Bonchev–Trinajstić information content (AvgIpc) is 2.60. The van der Waals surface area contributed by atoms with E-state index in [1.54, 1.807) is 11.4 Å². The number of pyridine rings is 1. The van der Waals surface area contributed by atoms with Crippen LogP contribution in [-0.2, 0) is 0 Å². The second-order valence-corrected chi connectivity index (χ2v) is 3.78. The molecule has 2 aromatic heterocycles. The van der Waals surface area contributed by atoms with Crippen molar-refractivity contribution in [2.45, 2.75) is 6.92 Å². The largest absolute Gasteiger partial charge is 0.342 e. The number of nitrogens with one attached hydrogen (secondary N) is 1. The fourth-order valence-electron chi connectivity index (χ4n) is 1.14. The number of hydrogen-bond donors (Lipinski definition) is 1. The molecule has 0 amide bonds. The summed E-state index contributed by atoms with van der Waals surface area (Å²) in [6, 6.07) is 3.83. The SMILES string of the molecule is CC#CCNc1nc2ccc(Br)cn2n1. The van der Waals surface area contributed by atoms with Gasteiger partial charge in [-0.25, -0.2) is 4.52 Å². The van der Waals surface area contributed by atoms with Gasteiger partial charge in [-0.15, -0.1) is 11.0 Å². The third-order valence-corrected chi connectivity index (χ3v) is 2.28. The summed E-state index contributed by atoms with van der Waals surface area (Å²) in [5.74, 6) is 6.28. The van der Waals surface area contributed by atoms with Crippen molar-refractivity contribution in [2.24, 2.45) is 0 Å². The molecule has 0 radical (unpaired) electrons. The van der Waals surface area contributed by atoms with Crippen LogP contribution in [0.1, 0.15) is 6.92 Å². The highest BCUT2D eigenvalue weighted by Crippen LogP contribution is 2.11. The van der Waals surface area contributed by atoms with E-state index in [1.807, 2.05) is 18.3 Å². The van der Waals surface area contributed by atoms with Crippen LogP contribution in [0.25, 0.3) is 5.65 Å². The van der Waals surface area contributed by atoms with Crippen molar-refractivity contribution in [2.75, 3.05) is 11.9 Å². The predicted molar refractivity (Wildman–Crippen MR) is 62.6 cm³/mol. The molecule has 2 rings (SSSR count). The number of nitrogens with zero attached hydrogens (tertiary/aromatic N) is 3. The van der Waals surface area contributed by atoms with Crippen molar-refractivity contribution in [1.82, 2.24) is 14.6 Å². The molecular formula is C10H9BrN4. The van der Waals surface area contributed by atoms with Gasteiger partial charge in [0.1, 0.15) is 0 Å². The van der Waals surface area contributed by atoms with Gasteiger partial charge in [0.15, 0.2) is 5.65 Å². The number of aromatic nitrogens is 3. The van der Waals surface area contributed by atoms with Gasteiger partial charge in [-0.3, -0.25) is 0 Å². The molecule has 0 aliphatic heterocycles. The second kappa shape index (κ2) is 4.32. The highest BCUT2D eigenvalue weighted by Gasteiger charge is 2.01. The molecule has 0 saturated carbocycles. The molecule has 0 bridgehead atoms. The lowest BCUT2D eigenvalue weighted by Gasteiger charge is -1.91. The normalized spacial score (nSPS) is 9.73. The number of fused-ring (bicyclic) bond motifs is 1. The van der Waals surface area contributed by atoms with Crippen LogP contribution in [0.5, 0.6) is 0 Å². The van der Waals surface area contributed by atoms with E-state index in [-0.39, 0.29) is 0 Å². The quantitative estimate of drug-likeness (QED) is 0.843. The van der Waals surface area contributed by atoms with Crippen molar-refractivity contribution < 1.29 is 0 Å². The van der Waals surface area contributed by atoms with Gasteiger partial charge < -0.3 is 5.32 Å². The molecule has 0 spiro atoms. The van der Waals surface area contributed by atoms with E-state index >= 15 is 0 Å². The van der Waals surface area contributed by atoms with E-state index in [2.05, 4.69) is 43.2 Å². The Morgan fingerprint density at radius 3 is 3.20 bits per heavy atom. The van der Waals surface area contributed by atoms with E-state index < -0.39 is 0 Å². The van der Waals surface area contributed by atoms with Crippen molar-refractivity contribution in [1.29, 1.82) is 0 Å². The zero-order valence-corrected chi connectivity index (χ0v) is 9.74. The summed E-state index contributed by atoms with van der Waals surface area (Å²) in [6.45, 7) is 2.37. The third-order valence-electron chi connectivity index (χ3n) is 1.81. The minimum absolute atomic E-state index is 0.564. The van der Waals surface area contributed by atoms with Crippen LogP contribution in [0, 0.1) is 11.8 Å². The molecular weight excluding hydrogens is 256 g/mol. The Hall–Kier alpha value is -1.54. The van der Waals surface area contributed by atoms with Crippen molar-refractivity contribution >= 4 is 27.5 Å².